The van der Waals surface area contributed by atoms with E-state index in [0.29, 0.717) is 17.1 Å². The molecule has 0 radical (unpaired) electrons. The first-order chi connectivity index (χ1) is 12.1. The van der Waals surface area contributed by atoms with E-state index in [9.17, 15) is 4.79 Å². The molecule has 0 unspecified atom stereocenters. The summed E-state index contributed by atoms with van der Waals surface area (Å²) in [6.45, 7) is 0.484. The van der Waals surface area contributed by atoms with Gasteiger partial charge in [0.1, 0.15) is 0 Å². The van der Waals surface area contributed by atoms with Crippen molar-refractivity contribution in [3.63, 3.8) is 0 Å². The maximum atomic E-state index is 12.4. The Balaban J connectivity index is 1.54. The number of aromatic amines is 1. The molecule has 0 saturated heterocycles. The van der Waals surface area contributed by atoms with Gasteiger partial charge < -0.3 is 10.3 Å². The van der Waals surface area contributed by atoms with E-state index in [1.807, 2.05) is 6.07 Å². The standard InChI is InChI=1S/C20H18BrClN2O/c21-13-6-7-17(22)16(10-13)20(25)23-11-12-5-8-19-15(9-12)14-3-1-2-4-18(14)24-19/h5-10,24H,1-4,11H2,(H,23,25). The lowest BCUT2D eigenvalue weighted by Gasteiger charge is -2.11. The van der Waals surface area contributed by atoms with Crippen LogP contribution in [0.1, 0.15) is 40.0 Å². The molecule has 0 aliphatic heterocycles. The molecule has 1 aromatic heterocycles. The number of carbonyl (C=O) groups is 1. The van der Waals surface area contributed by atoms with Gasteiger partial charge in [-0.05, 0) is 67.1 Å². The number of hydrogen-bond acceptors (Lipinski definition) is 1. The summed E-state index contributed by atoms with van der Waals surface area (Å²) in [6.07, 6.45) is 4.79. The minimum Gasteiger partial charge on any atom is -0.358 e. The van der Waals surface area contributed by atoms with Crippen molar-refractivity contribution in [2.75, 3.05) is 0 Å². The van der Waals surface area contributed by atoms with Crippen molar-refractivity contribution in [2.45, 2.75) is 32.2 Å². The Morgan fingerprint density at radius 1 is 1.16 bits per heavy atom. The summed E-state index contributed by atoms with van der Waals surface area (Å²) in [6, 6.07) is 11.7. The molecule has 2 aromatic carbocycles. The maximum Gasteiger partial charge on any atom is 0.253 e. The Morgan fingerprint density at radius 2 is 2.00 bits per heavy atom. The number of carbonyl (C=O) groups excluding carboxylic acids is 1. The summed E-state index contributed by atoms with van der Waals surface area (Å²) in [4.78, 5) is 16.0. The van der Waals surface area contributed by atoms with Gasteiger partial charge in [0.05, 0.1) is 10.6 Å². The second-order valence-corrected chi connectivity index (χ2v) is 7.80. The van der Waals surface area contributed by atoms with Crippen molar-refractivity contribution >= 4 is 44.3 Å². The molecule has 1 amide bonds. The predicted octanol–water partition coefficient (Wildman–Crippen LogP) is 5.39. The Labute approximate surface area is 159 Å². The molecular formula is C20H18BrClN2O. The second kappa shape index (κ2) is 6.85. The molecule has 5 heteroatoms. The van der Waals surface area contributed by atoms with Crippen molar-refractivity contribution < 1.29 is 4.79 Å². The van der Waals surface area contributed by atoms with E-state index in [0.717, 1.165) is 22.9 Å². The number of benzene rings is 2. The van der Waals surface area contributed by atoms with Gasteiger partial charge in [-0.25, -0.2) is 0 Å². The fourth-order valence-corrected chi connectivity index (χ4v) is 4.08. The van der Waals surface area contributed by atoms with Crippen LogP contribution in [0.3, 0.4) is 0 Å². The van der Waals surface area contributed by atoms with Crippen LogP contribution in [0.25, 0.3) is 10.9 Å². The number of H-pyrrole nitrogens is 1. The molecule has 0 fully saturated rings. The van der Waals surface area contributed by atoms with E-state index in [2.05, 4.69) is 44.4 Å². The van der Waals surface area contributed by atoms with Gasteiger partial charge in [0.25, 0.3) is 5.91 Å². The summed E-state index contributed by atoms with van der Waals surface area (Å²) >= 11 is 9.51. The zero-order chi connectivity index (χ0) is 17.4. The predicted molar refractivity (Wildman–Crippen MR) is 105 cm³/mol. The lowest BCUT2D eigenvalue weighted by Crippen LogP contribution is -2.23. The van der Waals surface area contributed by atoms with Gasteiger partial charge in [0.2, 0.25) is 0 Å². The Hall–Kier alpha value is -1.78. The van der Waals surface area contributed by atoms with Crippen LogP contribution in [0.4, 0.5) is 0 Å². The number of aryl methyl sites for hydroxylation is 2. The van der Waals surface area contributed by atoms with Crippen LogP contribution < -0.4 is 5.32 Å². The molecule has 0 spiro atoms. The lowest BCUT2D eigenvalue weighted by molar-refractivity contribution is 0.0951. The van der Waals surface area contributed by atoms with Crippen LogP contribution in [-0.2, 0) is 19.4 Å². The number of fused-ring (bicyclic) bond motifs is 3. The third-order valence-electron chi connectivity index (χ3n) is 4.79. The first-order valence-corrected chi connectivity index (χ1v) is 9.64. The fourth-order valence-electron chi connectivity index (χ4n) is 3.51. The monoisotopic (exact) mass is 416 g/mol. The molecule has 0 saturated carbocycles. The molecule has 0 bridgehead atoms. The normalized spacial score (nSPS) is 13.7. The van der Waals surface area contributed by atoms with Crippen molar-refractivity contribution in [1.82, 2.24) is 10.3 Å². The number of rotatable bonds is 3. The van der Waals surface area contributed by atoms with Gasteiger partial charge in [0.15, 0.2) is 0 Å². The first-order valence-electron chi connectivity index (χ1n) is 8.47. The maximum absolute atomic E-state index is 12.4. The summed E-state index contributed by atoms with van der Waals surface area (Å²) in [5.41, 5.74) is 5.60. The minimum absolute atomic E-state index is 0.164. The topological polar surface area (TPSA) is 44.9 Å². The molecule has 1 aliphatic carbocycles. The van der Waals surface area contributed by atoms with Gasteiger partial charge in [-0.3, -0.25) is 4.79 Å². The van der Waals surface area contributed by atoms with E-state index in [1.54, 1.807) is 12.1 Å². The van der Waals surface area contributed by atoms with Gasteiger partial charge in [-0.1, -0.05) is 33.6 Å². The number of nitrogens with one attached hydrogen (secondary N) is 2. The van der Waals surface area contributed by atoms with Crippen LogP contribution in [0.2, 0.25) is 5.02 Å². The fraction of sp³-hybridized carbons (Fsp3) is 0.250. The van der Waals surface area contributed by atoms with E-state index < -0.39 is 0 Å². The molecule has 25 heavy (non-hydrogen) atoms. The molecule has 1 heterocycles. The van der Waals surface area contributed by atoms with E-state index in [-0.39, 0.29) is 5.91 Å². The highest BCUT2D eigenvalue weighted by molar-refractivity contribution is 9.10. The zero-order valence-electron chi connectivity index (χ0n) is 13.7. The summed E-state index contributed by atoms with van der Waals surface area (Å²) in [5, 5.41) is 4.71. The summed E-state index contributed by atoms with van der Waals surface area (Å²) in [7, 11) is 0. The number of aromatic nitrogens is 1. The average molecular weight is 418 g/mol. The quantitative estimate of drug-likeness (QED) is 0.589. The molecular weight excluding hydrogens is 400 g/mol. The van der Waals surface area contributed by atoms with E-state index in [4.69, 9.17) is 11.6 Å². The smallest absolute Gasteiger partial charge is 0.253 e. The molecule has 128 valence electrons. The van der Waals surface area contributed by atoms with Crippen molar-refractivity contribution in [2.24, 2.45) is 0 Å². The lowest BCUT2D eigenvalue weighted by atomic mass is 9.95. The molecule has 4 rings (SSSR count). The number of halogens is 2. The second-order valence-electron chi connectivity index (χ2n) is 6.48. The van der Waals surface area contributed by atoms with Gasteiger partial charge in [-0.15, -0.1) is 0 Å². The van der Waals surface area contributed by atoms with E-state index >= 15 is 0 Å². The average Bonchev–Trinajstić information content (AvgIpc) is 2.99. The highest BCUT2D eigenvalue weighted by Gasteiger charge is 2.16. The first kappa shape index (κ1) is 16.7. The van der Waals surface area contributed by atoms with Crippen LogP contribution in [-0.4, -0.2) is 10.9 Å². The Morgan fingerprint density at radius 3 is 2.88 bits per heavy atom. The number of hydrogen-bond donors (Lipinski definition) is 2. The molecule has 2 N–H and O–H groups in total. The van der Waals surface area contributed by atoms with Crippen LogP contribution in [0.5, 0.6) is 0 Å². The van der Waals surface area contributed by atoms with Crippen molar-refractivity contribution in [1.29, 1.82) is 0 Å². The highest BCUT2D eigenvalue weighted by Crippen LogP contribution is 2.29. The van der Waals surface area contributed by atoms with Crippen molar-refractivity contribution in [3.8, 4) is 0 Å². The van der Waals surface area contributed by atoms with Crippen LogP contribution in [0.15, 0.2) is 40.9 Å². The molecule has 3 aromatic rings. The Kier molecular flexibility index (Phi) is 4.57. The molecule has 0 atom stereocenters. The zero-order valence-corrected chi connectivity index (χ0v) is 16.0. The van der Waals surface area contributed by atoms with Gasteiger partial charge in [-0.2, -0.15) is 0 Å². The molecule has 1 aliphatic rings. The van der Waals surface area contributed by atoms with Crippen molar-refractivity contribution in [3.05, 3.63) is 68.3 Å². The minimum atomic E-state index is -0.164. The van der Waals surface area contributed by atoms with E-state index in [1.165, 1.54) is 35.0 Å². The van der Waals surface area contributed by atoms with Gasteiger partial charge >= 0.3 is 0 Å². The van der Waals surface area contributed by atoms with Crippen LogP contribution >= 0.6 is 27.5 Å². The molecule has 3 nitrogen and oxygen atoms in total. The SMILES string of the molecule is O=C(NCc1ccc2[nH]c3c(c2c1)CCCC3)c1cc(Br)ccc1Cl. The third-order valence-corrected chi connectivity index (χ3v) is 5.61. The highest BCUT2D eigenvalue weighted by atomic mass is 79.9. The number of amides is 1. The Bertz CT molecular complexity index is 964. The van der Waals surface area contributed by atoms with Crippen LogP contribution in [0, 0.1) is 0 Å². The summed E-state index contributed by atoms with van der Waals surface area (Å²) < 4.78 is 0.836. The van der Waals surface area contributed by atoms with Gasteiger partial charge in [0, 0.05) is 27.6 Å². The third kappa shape index (κ3) is 3.33. The largest absolute Gasteiger partial charge is 0.358 e. The summed E-state index contributed by atoms with van der Waals surface area (Å²) in [5.74, 6) is -0.164.